The van der Waals surface area contributed by atoms with Gasteiger partial charge in [-0.25, -0.2) is 0 Å². The summed E-state index contributed by atoms with van der Waals surface area (Å²) in [6.07, 6.45) is 0. The molecule has 1 N–H and O–H groups in total. The molecule has 0 unspecified atom stereocenters. The Morgan fingerprint density at radius 1 is 0.630 bits per heavy atom. The van der Waals surface area contributed by atoms with Crippen molar-refractivity contribution in [1.82, 2.24) is 4.98 Å². The van der Waals surface area contributed by atoms with Gasteiger partial charge in [0.2, 0.25) is 0 Å². The molecule has 4 aromatic carbocycles. The molecular formula is C25H19NO. The Morgan fingerprint density at radius 2 is 1.41 bits per heavy atom. The molecule has 5 rings (SSSR count). The lowest BCUT2D eigenvalue weighted by molar-refractivity contribution is 0.416. The Bertz CT molecular complexity index is 1250. The van der Waals surface area contributed by atoms with E-state index in [1.807, 2.05) is 18.2 Å². The Hall–Kier alpha value is -3.52. The van der Waals surface area contributed by atoms with Crippen molar-refractivity contribution in [1.29, 1.82) is 0 Å². The number of nitrogens with one attached hydrogen (secondary N) is 1. The molecule has 0 bridgehead atoms. The summed E-state index contributed by atoms with van der Waals surface area (Å²) < 4.78 is 5.72. The Morgan fingerprint density at radius 3 is 2.26 bits per heavy atom. The smallest absolute Gasteiger partial charge is 0.127 e. The average Bonchev–Trinajstić information content (AvgIpc) is 3.13. The predicted molar refractivity (Wildman–Crippen MR) is 113 cm³/mol. The quantitative estimate of drug-likeness (QED) is 0.387. The van der Waals surface area contributed by atoms with Crippen LogP contribution in [-0.4, -0.2) is 12.1 Å². The number of methoxy groups -OCH3 is 1. The second kappa shape index (κ2) is 6.33. The third kappa shape index (κ3) is 2.58. The zero-order valence-electron chi connectivity index (χ0n) is 15.1. The fourth-order valence-corrected chi connectivity index (χ4v) is 3.83. The maximum absolute atomic E-state index is 5.72. The van der Waals surface area contributed by atoms with Crippen LogP contribution in [-0.2, 0) is 0 Å². The molecule has 0 saturated carbocycles. The van der Waals surface area contributed by atoms with E-state index >= 15 is 0 Å². The lowest BCUT2D eigenvalue weighted by Gasteiger charge is -2.12. The normalized spacial score (nSPS) is 11.1. The van der Waals surface area contributed by atoms with Crippen LogP contribution in [0.25, 0.3) is 44.1 Å². The zero-order chi connectivity index (χ0) is 18.2. The van der Waals surface area contributed by atoms with Crippen molar-refractivity contribution in [3.8, 4) is 28.0 Å². The largest absolute Gasteiger partial charge is 0.496 e. The molecule has 0 amide bonds. The van der Waals surface area contributed by atoms with E-state index in [0.717, 1.165) is 33.5 Å². The van der Waals surface area contributed by atoms with Crippen molar-refractivity contribution < 1.29 is 4.74 Å². The fourth-order valence-electron chi connectivity index (χ4n) is 3.83. The molecule has 0 aliphatic carbocycles. The van der Waals surface area contributed by atoms with Gasteiger partial charge in [-0.1, -0.05) is 78.9 Å². The molecule has 0 fully saturated rings. The number of benzene rings is 4. The van der Waals surface area contributed by atoms with Crippen LogP contribution < -0.4 is 4.74 Å². The van der Waals surface area contributed by atoms with Crippen LogP contribution in [0.3, 0.4) is 0 Å². The molecule has 0 spiro atoms. The van der Waals surface area contributed by atoms with E-state index in [0.29, 0.717) is 0 Å². The highest BCUT2D eigenvalue weighted by Crippen LogP contribution is 2.37. The first-order valence-corrected chi connectivity index (χ1v) is 9.08. The van der Waals surface area contributed by atoms with Crippen LogP contribution >= 0.6 is 0 Å². The van der Waals surface area contributed by atoms with Crippen molar-refractivity contribution in [3.05, 3.63) is 91.0 Å². The minimum Gasteiger partial charge on any atom is -0.496 e. The molecular weight excluding hydrogens is 330 g/mol. The molecule has 130 valence electrons. The average molecular weight is 349 g/mol. The Kier molecular flexibility index (Phi) is 3.68. The lowest BCUT2D eigenvalue weighted by atomic mass is 9.97. The van der Waals surface area contributed by atoms with Crippen molar-refractivity contribution >= 4 is 21.8 Å². The molecule has 0 aliphatic rings. The number of aromatic nitrogens is 1. The summed E-state index contributed by atoms with van der Waals surface area (Å²) in [6.45, 7) is 0. The number of para-hydroxylation sites is 2. The molecule has 5 aromatic rings. The number of H-pyrrole nitrogens is 1. The summed E-state index contributed by atoms with van der Waals surface area (Å²) >= 11 is 0. The molecule has 0 radical (unpaired) electrons. The molecule has 1 aromatic heterocycles. The summed E-state index contributed by atoms with van der Waals surface area (Å²) in [5, 5.41) is 2.50. The van der Waals surface area contributed by atoms with Crippen LogP contribution in [0.2, 0.25) is 0 Å². The Balaban J connectivity index is 1.71. The summed E-state index contributed by atoms with van der Waals surface area (Å²) in [7, 11) is 1.73. The highest BCUT2D eigenvalue weighted by atomic mass is 16.5. The fraction of sp³-hybridized carbons (Fsp3) is 0.0400. The van der Waals surface area contributed by atoms with Crippen molar-refractivity contribution in [3.63, 3.8) is 0 Å². The monoisotopic (exact) mass is 349 g/mol. The van der Waals surface area contributed by atoms with Gasteiger partial charge in [0.1, 0.15) is 5.75 Å². The summed E-state index contributed by atoms with van der Waals surface area (Å²) in [5.74, 6) is 0.881. The number of hydrogen-bond acceptors (Lipinski definition) is 1. The lowest BCUT2D eigenvalue weighted by Crippen LogP contribution is -1.90. The third-order valence-corrected chi connectivity index (χ3v) is 5.14. The van der Waals surface area contributed by atoms with Gasteiger partial charge >= 0.3 is 0 Å². The van der Waals surface area contributed by atoms with E-state index in [2.05, 4.69) is 77.8 Å². The summed E-state index contributed by atoms with van der Waals surface area (Å²) in [6, 6.07) is 31.7. The highest BCUT2D eigenvalue weighted by molar-refractivity contribution is 6.11. The highest BCUT2D eigenvalue weighted by Gasteiger charge is 2.12. The van der Waals surface area contributed by atoms with Gasteiger partial charge in [-0.05, 0) is 23.3 Å². The van der Waals surface area contributed by atoms with Crippen LogP contribution in [0, 0.1) is 0 Å². The topological polar surface area (TPSA) is 25.0 Å². The minimum absolute atomic E-state index is 0.881. The maximum Gasteiger partial charge on any atom is 0.127 e. The van der Waals surface area contributed by atoms with Gasteiger partial charge in [0.25, 0.3) is 0 Å². The Labute approximate surface area is 158 Å². The number of hydrogen-bond donors (Lipinski definition) is 1. The SMILES string of the molecule is COc1cc(-c2cccc3c2[nH]c2ccccc23)ccc1-c1ccccc1. The van der Waals surface area contributed by atoms with Crippen molar-refractivity contribution in [2.45, 2.75) is 0 Å². The van der Waals surface area contributed by atoms with E-state index in [1.54, 1.807) is 7.11 Å². The standard InChI is InChI=1S/C25H19NO/c1-27-24-16-18(14-15-19(24)17-8-3-2-4-9-17)20-11-7-12-22-21-10-5-6-13-23(21)26-25(20)22/h2-16,26H,1H3. The van der Waals surface area contributed by atoms with Gasteiger partial charge < -0.3 is 9.72 Å². The number of rotatable bonds is 3. The molecule has 0 saturated heterocycles. The van der Waals surface area contributed by atoms with Gasteiger partial charge in [0.05, 0.1) is 12.6 Å². The van der Waals surface area contributed by atoms with Crippen LogP contribution in [0.1, 0.15) is 0 Å². The minimum atomic E-state index is 0.881. The van der Waals surface area contributed by atoms with Crippen LogP contribution in [0.4, 0.5) is 0 Å². The predicted octanol–water partition coefficient (Wildman–Crippen LogP) is 6.66. The van der Waals surface area contributed by atoms with Gasteiger partial charge in [-0.3, -0.25) is 0 Å². The molecule has 0 atom stereocenters. The van der Waals surface area contributed by atoms with Crippen molar-refractivity contribution in [2.24, 2.45) is 0 Å². The number of ether oxygens (including phenoxy) is 1. The number of aromatic amines is 1. The van der Waals surface area contributed by atoms with E-state index in [-0.39, 0.29) is 0 Å². The summed E-state index contributed by atoms with van der Waals surface area (Å²) in [4.78, 5) is 3.59. The van der Waals surface area contributed by atoms with Gasteiger partial charge in [-0.2, -0.15) is 0 Å². The van der Waals surface area contributed by atoms with E-state index in [9.17, 15) is 0 Å². The molecule has 0 aliphatic heterocycles. The molecule has 2 nitrogen and oxygen atoms in total. The van der Waals surface area contributed by atoms with Crippen LogP contribution in [0.5, 0.6) is 5.75 Å². The molecule has 2 heteroatoms. The third-order valence-electron chi connectivity index (χ3n) is 5.14. The van der Waals surface area contributed by atoms with Gasteiger partial charge in [0, 0.05) is 27.4 Å². The first-order valence-electron chi connectivity index (χ1n) is 9.08. The second-order valence-corrected chi connectivity index (χ2v) is 6.68. The van der Waals surface area contributed by atoms with Gasteiger partial charge in [0.15, 0.2) is 0 Å². The molecule has 27 heavy (non-hydrogen) atoms. The van der Waals surface area contributed by atoms with Crippen molar-refractivity contribution in [2.75, 3.05) is 7.11 Å². The summed E-state index contributed by atoms with van der Waals surface area (Å²) in [5.41, 5.74) is 6.90. The van der Waals surface area contributed by atoms with E-state index < -0.39 is 0 Å². The first-order chi connectivity index (χ1) is 13.3. The first kappa shape index (κ1) is 15.7. The van der Waals surface area contributed by atoms with E-state index in [4.69, 9.17) is 4.74 Å². The molecule has 1 heterocycles. The zero-order valence-corrected chi connectivity index (χ0v) is 15.1. The van der Waals surface area contributed by atoms with Gasteiger partial charge in [-0.15, -0.1) is 0 Å². The second-order valence-electron chi connectivity index (χ2n) is 6.68. The number of fused-ring (bicyclic) bond motifs is 3. The maximum atomic E-state index is 5.72. The van der Waals surface area contributed by atoms with E-state index in [1.165, 1.54) is 16.3 Å². The van der Waals surface area contributed by atoms with Crippen LogP contribution in [0.15, 0.2) is 91.0 Å².